The number of aromatic carboxylic acids is 1. The van der Waals surface area contributed by atoms with Crippen LogP contribution in [0, 0.1) is 6.92 Å². The predicted molar refractivity (Wildman–Crippen MR) is 78.8 cm³/mol. The minimum atomic E-state index is -3.86. The van der Waals surface area contributed by atoms with Crippen LogP contribution in [0.5, 0.6) is 0 Å². The van der Waals surface area contributed by atoms with Gasteiger partial charge in [-0.3, -0.25) is 4.72 Å². The van der Waals surface area contributed by atoms with E-state index in [-0.39, 0.29) is 15.6 Å². The van der Waals surface area contributed by atoms with Gasteiger partial charge in [0.05, 0.1) is 16.2 Å². The number of aryl methyl sites for hydroxylation is 1. The van der Waals surface area contributed by atoms with Gasteiger partial charge in [-0.05, 0) is 41.1 Å². The largest absolute Gasteiger partial charge is 0.478 e. The van der Waals surface area contributed by atoms with E-state index in [1.807, 2.05) is 0 Å². The minimum Gasteiger partial charge on any atom is -0.478 e. The normalized spacial score (nSPS) is 11.3. The number of aromatic nitrogens is 1. The number of carboxylic acids is 1. The van der Waals surface area contributed by atoms with Gasteiger partial charge in [0.15, 0.2) is 5.13 Å². The fraction of sp³-hybridized carbons (Fsp3) is 0.0909. The van der Waals surface area contributed by atoms with Crippen molar-refractivity contribution in [1.82, 2.24) is 4.98 Å². The van der Waals surface area contributed by atoms with Gasteiger partial charge < -0.3 is 5.11 Å². The summed E-state index contributed by atoms with van der Waals surface area (Å²) in [5.74, 6) is -1.21. The van der Waals surface area contributed by atoms with Crippen molar-refractivity contribution in [3.8, 4) is 0 Å². The molecule has 0 saturated carbocycles. The highest BCUT2D eigenvalue weighted by Gasteiger charge is 2.19. The van der Waals surface area contributed by atoms with Gasteiger partial charge in [-0.1, -0.05) is 0 Å². The Hall–Kier alpha value is -1.45. The molecule has 9 heteroatoms. The van der Waals surface area contributed by atoms with Crippen LogP contribution >= 0.6 is 27.3 Å². The summed E-state index contributed by atoms with van der Waals surface area (Å²) in [7, 11) is -3.86. The number of anilines is 1. The van der Waals surface area contributed by atoms with Crippen molar-refractivity contribution in [1.29, 1.82) is 0 Å². The molecule has 0 fully saturated rings. The Bertz CT molecular complexity index is 770. The van der Waals surface area contributed by atoms with Crippen molar-refractivity contribution >= 4 is 48.4 Å². The number of halogens is 1. The quantitative estimate of drug-likeness (QED) is 0.854. The number of benzene rings is 1. The van der Waals surface area contributed by atoms with Crippen molar-refractivity contribution in [2.24, 2.45) is 0 Å². The Labute approximate surface area is 127 Å². The van der Waals surface area contributed by atoms with E-state index in [1.54, 1.807) is 12.3 Å². The number of nitrogens with one attached hydrogen (secondary N) is 1. The summed E-state index contributed by atoms with van der Waals surface area (Å²) in [4.78, 5) is 14.9. The molecule has 0 aliphatic rings. The molecule has 2 aromatic rings. The van der Waals surface area contributed by atoms with Crippen LogP contribution in [0.3, 0.4) is 0 Å². The second-order valence-corrected chi connectivity index (χ2v) is 7.24. The second kappa shape index (κ2) is 5.51. The maximum Gasteiger partial charge on any atom is 0.336 e. The van der Waals surface area contributed by atoms with Crippen LogP contribution in [0.1, 0.15) is 16.1 Å². The van der Waals surface area contributed by atoms with Crippen molar-refractivity contribution in [3.05, 3.63) is 39.3 Å². The molecule has 0 bridgehead atoms. The first-order valence-electron chi connectivity index (χ1n) is 5.27. The fourth-order valence-corrected chi connectivity index (χ4v) is 3.79. The molecule has 6 nitrogen and oxygen atoms in total. The summed E-state index contributed by atoms with van der Waals surface area (Å²) in [6, 6.07) is 3.79. The molecule has 0 spiro atoms. The Morgan fingerprint density at radius 3 is 2.70 bits per heavy atom. The van der Waals surface area contributed by atoms with Gasteiger partial charge in [0.25, 0.3) is 10.0 Å². The average Bonchev–Trinajstić information content (AvgIpc) is 2.73. The zero-order chi connectivity index (χ0) is 14.9. The lowest BCUT2D eigenvalue weighted by atomic mass is 10.2. The summed E-state index contributed by atoms with van der Waals surface area (Å²) in [6.45, 7) is 1.75. The third-order valence-electron chi connectivity index (χ3n) is 2.32. The molecular formula is C11H9BrN2O4S2. The third kappa shape index (κ3) is 3.17. The number of hydrogen-bond acceptors (Lipinski definition) is 5. The molecule has 0 unspecified atom stereocenters. The lowest BCUT2D eigenvalue weighted by molar-refractivity contribution is 0.0695. The van der Waals surface area contributed by atoms with Crippen molar-refractivity contribution in [2.75, 3.05) is 4.72 Å². The summed E-state index contributed by atoms with van der Waals surface area (Å²) in [5, 5.41) is 10.9. The molecule has 0 aliphatic heterocycles. The summed E-state index contributed by atoms with van der Waals surface area (Å²) in [5.41, 5.74) is 0.581. The first kappa shape index (κ1) is 14.9. The minimum absolute atomic E-state index is 0.122. The van der Waals surface area contributed by atoms with Crippen LogP contribution in [-0.2, 0) is 10.0 Å². The molecule has 2 rings (SSSR count). The number of carboxylic acid groups (broad SMARTS) is 1. The van der Waals surface area contributed by atoms with Crippen LogP contribution in [0.2, 0.25) is 0 Å². The zero-order valence-corrected chi connectivity index (χ0v) is 13.3. The first-order valence-corrected chi connectivity index (χ1v) is 8.43. The zero-order valence-electron chi connectivity index (χ0n) is 10.1. The second-order valence-electron chi connectivity index (χ2n) is 3.85. The van der Waals surface area contributed by atoms with E-state index in [4.69, 9.17) is 5.11 Å². The van der Waals surface area contributed by atoms with E-state index in [9.17, 15) is 13.2 Å². The number of nitrogens with zero attached hydrogens (tertiary/aromatic N) is 1. The van der Waals surface area contributed by atoms with Crippen molar-refractivity contribution in [3.63, 3.8) is 0 Å². The van der Waals surface area contributed by atoms with Crippen molar-refractivity contribution < 1.29 is 18.3 Å². The van der Waals surface area contributed by atoms with Gasteiger partial charge in [-0.15, -0.1) is 11.3 Å². The van der Waals surface area contributed by atoms with Crippen LogP contribution in [-0.4, -0.2) is 24.5 Å². The molecule has 1 aromatic heterocycles. The summed E-state index contributed by atoms with van der Waals surface area (Å²) >= 11 is 4.22. The van der Waals surface area contributed by atoms with E-state index >= 15 is 0 Å². The number of rotatable bonds is 4. The van der Waals surface area contributed by atoms with Crippen LogP contribution in [0.25, 0.3) is 0 Å². The molecule has 0 saturated heterocycles. The molecule has 106 valence electrons. The van der Waals surface area contributed by atoms with Gasteiger partial charge >= 0.3 is 5.97 Å². The van der Waals surface area contributed by atoms with Crippen LogP contribution in [0.15, 0.2) is 32.9 Å². The number of carbonyl (C=O) groups is 1. The van der Waals surface area contributed by atoms with E-state index in [0.29, 0.717) is 10.2 Å². The molecule has 20 heavy (non-hydrogen) atoms. The Morgan fingerprint density at radius 1 is 1.45 bits per heavy atom. The Morgan fingerprint density at radius 2 is 2.15 bits per heavy atom. The highest BCUT2D eigenvalue weighted by Crippen LogP contribution is 2.24. The Balaban J connectivity index is 2.39. The standard InChI is InChI=1S/C11H9BrN2O4S2/c1-6-5-19-11(13-6)14-20(17,18)7-2-3-9(12)8(4-7)10(15)16/h2-5H,1H3,(H,13,14)(H,15,16). The SMILES string of the molecule is Cc1csc(NS(=O)(=O)c2ccc(Br)c(C(=O)O)c2)n1. The lowest BCUT2D eigenvalue weighted by Gasteiger charge is -2.07. The molecular weight excluding hydrogens is 368 g/mol. The van der Waals surface area contributed by atoms with E-state index in [0.717, 1.165) is 17.4 Å². The highest BCUT2D eigenvalue weighted by molar-refractivity contribution is 9.10. The topological polar surface area (TPSA) is 96.4 Å². The number of hydrogen-bond donors (Lipinski definition) is 2. The lowest BCUT2D eigenvalue weighted by Crippen LogP contribution is -2.13. The smallest absolute Gasteiger partial charge is 0.336 e. The van der Waals surface area contributed by atoms with Crippen LogP contribution in [0.4, 0.5) is 5.13 Å². The third-order valence-corrected chi connectivity index (χ3v) is 5.35. The molecule has 0 amide bonds. The maximum atomic E-state index is 12.1. The monoisotopic (exact) mass is 376 g/mol. The van der Waals surface area contributed by atoms with Gasteiger partial charge in [0.2, 0.25) is 0 Å². The van der Waals surface area contributed by atoms with E-state index in [2.05, 4.69) is 25.6 Å². The van der Waals surface area contributed by atoms with Gasteiger partial charge in [0, 0.05) is 9.85 Å². The highest BCUT2D eigenvalue weighted by atomic mass is 79.9. The molecule has 2 N–H and O–H groups in total. The molecule has 1 heterocycles. The first-order chi connectivity index (χ1) is 9.29. The maximum absolute atomic E-state index is 12.1. The van der Waals surface area contributed by atoms with Gasteiger partial charge in [0.1, 0.15) is 0 Å². The van der Waals surface area contributed by atoms with Gasteiger partial charge in [-0.25, -0.2) is 18.2 Å². The van der Waals surface area contributed by atoms with E-state index in [1.165, 1.54) is 12.1 Å². The summed E-state index contributed by atoms with van der Waals surface area (Å²) in [6.07, 6.45) is 0. The fourth-order valence-electron chi connectivity index (χ4n) is 1.41. The molecule has 1 aromatic carbocycles. The average molecular weight is 377 g/mol. The molecule has 0 atom stereocenters. The molecule has 0 radical (unpaired) electrons. The Kier molecular flexibility index (Phi) is 4.11. The van der Waals surface area contributed by atoms with Crippen molar-refractivity contribution in [2.45, 2.75) is 11.8 Å². The van der Waals surface area contributed by atoms with Crippen LogP contribution < -0.4 is 4.72 Å². The predicted octanol–water partition coefficient (Wildman–Crippen LogP) is 2.71. The van der Waals surface area contributed by atoms with E-state index < -0.39 is 16.0 Å². The van der Waals surface area contributed by atoms with Gasteiger partial charge in [-0.2, -0.15) is 0 Å². The summed E-state index contributed by atoms with van der Waals surface area (Å²) < 4.78 is 26.9. The number of sulfonamides is 1. The number of thiazole rings is 1. The molecule has 0 aliphatic carbocycles.